The number of benzene rings is 1. The first-order valence-electron chi connectivity index (χ1n) is 8.91. The summed E-state index contributed by atoms with van der Waals surface area (Å²) in [6.45, 7) is 6.58. The minimum absolute atomic E-state index is 0.0790. The van der Waals surface area contributed by atoms with Crippen LogP contribution in [0.2, 0.25) is 0 Å². The first-order chi connectivity index (χ1) is 12.4. The molecule has 5 nitrogen and oxygen atoms in total. The van der Waals surface area contributed by atoms with Gasteiger partial charge in [-0.3, -0.25) is 9.59 Å². The maximum Gasteiger partial charge on any atom is 0.251 e. The molecule has 2 amide bonds. The van der Waals surface area contributed by atoms with Crippen LogP contribution in [0, 0.1) is 5.92 Å². The number of primary amides is 1. The molecule has 1 atom stereocenters. The summed E-state index contributed by atoms with van der Waals surface area (Å²) in [5, 5.41) is 8.31. The highest BCUT2D eigenvalue weighted by Gasteiger charge is 2.18. The second kappa shape index (κ2) is 9.50. The van der Waals surface area contributed by atoms with E-state index >= 15 is 0 Å². The zero-order valence-corrected chi connectivity index (χ0v) is 16.4. The normalized spacial score (nSPS) is 12.2. The molecule has 0 aliphatic carbocycles. The fourth-order valence-corrected chi connectivity index (χ4v) is 3.70. The maximum atomic E-state index is 12.3. The van der Waals surface area contributed by atoms with E-state index in [1.54, 1.807) is 11.4 Å². The summed E-state index contributed by atoms with van der Waals surface area (Å²) in [6, 6.07) is 10.3. The Hall–Kier alpha value is -2.18. The highest BCUT2D eigenvalue weighted by atomic mass is 32.1. The minimum atomic E-state index is -0.540. The molecule has 2 rings (SSSR count). The van der Waals surface area contributed by atoms with Gasteiger partial charge in [-0.2, -0.15) is 0 Å². The molecule has 6 heteroatoms. The van der Waals surface area contributed by atoms with Gasteiger partial charge in [0.1, 0.15) is 5.00 Å². The van der Waals surface area contributed by atoms with E-state index in [4.69, 9.17) is 5.73 Å². The molecule has 0 aliphatic heterocycles. The summed E-state index contributed by atoms with van der Waals surface area (Å²) in [6.07, 6.45) is 2.20. The Morgan fingerprint density at radius 1 is 1.15 bits per heavy atom. The molecule has 0 radical (unpaired) electrons. The number of amides is 2. The van der Waals surface area contributed by atoms with Gasteiger partial charge in [-0.25, -0.2) is 0 Å². The predicted octanol–water partition coefficient (Wildman–Crippen LogP) is 3.72. The van der Waals surface area contributed by atoms with Crippen LogP contribution in [-0.2, 0) is 11.2 Å². The predicted molar refractivity (Wildman–Crippen MR) is 107 cm³/mol. The Morgan fingerprint density at radius 3 is 2.42 bits per heavy atom. The SMILES string of the molecule is CCCc1ccc([C@@H](NCC(=O)Nc2sccc2C(N)=O)C(C)C)cc1. The van der Waals surface area contributed by atoms with E-state index in [0.29, 0.717) is 16.5 Å². The third kappa shape index (κ3) is 5.41. The third-order valence-corrected chi connectivity index (χ3v) is 5.04. The van der Waals surface area contributed by atoms with Crippen molar-refractivity contribution in [1.82, 2.24) is 5.32 Å². The molecular formula is C20H27N3O2S. The fraction of sp³-hybridized carbons (Fsp3) is 0.400. The molecule has 0 fully saturated rings. The lowest BCUT2D eigenvalue weighted by atomic mass is 9.94. The van der Waals surface area contributed by atoms with Crippen molar-refractivity contribution in [3.63, 3.8) is 0 Å². The van der Waals surface area contributed by atoms with Crippen molar-refractivity contribution in [1.29, 1.82) is 0 Å². The van der Waals surface area contributed by atoms with Crippen molar-refractivity contribution >= 4 is 28.2 Å². The summed E-state index contributed by atoms with van der Waals surface area (Å²) < 4.78 is 0. The summed E-state index contributed by atoms with van der Waals surface area (Å²) >= 11 is 1.29. The van der Waals surface area contributed by atoms with Gasteiger partial charge in [-0.15, -0.1) is 11.3 Å². The van der Waals surface area contributed by atoms with Gasteiger partial charge < -0.3 is 16.4 Å². The molecule has 140 valence electrons. The van der Waals surface area contributed by atoms with Crippen molar-refractivity contribution in [2.75, 3.05) is 11.9 Å². The summed E-state index contributed by atoms with van der Waals surface area (Å²) in [4.78, 5) is 23.6. The standard InChI is InChI=1S/C20H27N3O2S/c1-4-5-14-6-8-15(9-7-14)18(13(2)3)22-12-17(24)23-20-16(19(21)25)10-11-26-20/h6-11,13,18,22H,4-5,12H2,1-3H3,(H2,21,25)(H,23,24)/t18-/m0/s1. The largest absolute Gasteiger partial charge is 0.366 e. The van der Waals surface area contributed by atoms with Gasteiger partial charge in [0.05, 0.1) is 12.1 Å². The van der Waals surface area contributed by atoms with Crippen LogP contribution in [0.5, 0.6) is 0 Å². The molecule has 1 heterocycles. The van der Waals surface area contributed by atoms with Gasteiger partial charge >= 0.3 is 0 Å². The first kappa shape index (κ1) is 20.1. The molecule has 1 aromatic carbocycles. The highest BCUT2D eigenvalue weighted by molar-refractivity contribution is 7.14. The van der Waals surface area contributed by atoms with Crippen molar-refractivity contribution in [2.45, 2.75) is 39.7 Å². The minimum Gasteiger partial charge on any atom is -0.366 e. The quantitative estimate of drug-likeness (QED) is 0.626. The molecule has 0 spiro atoms. The number of carbonyl (C=O) groups excluding carboxylic acids is 2. The molecule has 0 saturated heterocycles. The second-order valence-electron chi connectivity index (χ2n) is 6.67. The van der Waals surface area contributed by atoms with E-state index in [9.17, 15) is 9.59 Å². The molecule has 0 aliphatic rings. The number of carbonyl (C=O) groups is 2. The van der Waals surface area contributed by atoms with Crippen LogP contribution < -0.4 is 16.4 Å². The van der Waals surface area contributed by atoms with E-state index in [1.807, 2.05) is 0 Å². The summed E-state index contributed by atoms with van der Waals surface area (Å²) in [5.41, 5.74) is 8.15. The van der Waals surface area contributed by atoms with E-state index in [1.165, 1.54) is 22.5 Å². The van der Waals surface area contributed by atoms with E-state index < -0.39 is 5.91 Å². The average molecular weight is 374 g/mol. The van der Waals surface area contributed by atoms with Crippen molar-refractivity contribution in [3.8, 4) is 0 Å². The van der Waals surface area contributed by atoms with Gasteiger partial charge in [-0.1, -0.05) is 51.5 Å². The van der Waals surface area contributed by atoms with Crippen molar-refractivity contribution < 1.29 is 9.59 Å². The van der Waals surface area contributed by atoms with Gasteiger partial charge in [-0.05, 0) is 34.9 Å². The summed E-state index contributed by atoms with van der Waals surface area (Å²) in [7, 11) is 0. The first-order valence-corrected chi connectivity index (χ1v) is 9.79. The highest BCUT2D eigenvalue weighted by Crippen LogP contribution is 2.24. The van der Waals surface area contributed by atoms with Crippen LogP contribution >= 0.6 is 11.3 Å². The summed E-state index contributed by atoms with van der Waals surface area (Å²) in [5.74, 6) is -0.396. The van der Waals surface area contributed by atoms with Gasteiger partial charge in [0, 0.05) is 6.04 Å². The average Bonchev–Trinajstić information content (AvgIpc) is 3.04. The number of rotatable bonds is 9. The number of nitrogens with two attached hydrogens (primary N) is 1. The molecule has 4 N–H and O–H groups in total. The molecule has 2 aromatic rings. The van der Waals surface area contributed by atoms with Crippen LogP contribution in [0.1, 0.15) is 54.7 Å². The smallest absolute Gasteiger partial charge is 0.251 e. The Kier molecular flexibility index (Phi) is 7.36. The lowest BCUT2D eigenvalue weighted by Gasteiger charge is -2.23. The molecule has 1 aromatic heterocycles. The number of hydrogen-bond acceptors (Lipinski definition) is 4. The van der Waals surface area contributed by atoms with Crippen molar-refractivity contribution in [2.24, 2.45) is 11.7 Å². The fourth-order valence-electron chi connectivity index (χ4n) is 2.89. The molecule has 0 saturated carbocycles. The number of anilines is 1. The zero-order valence-electron chi connectivity index (χ0n) is 15.5. The van der Waals surface area contributed by atoms with Crippen molar-refractivity contribution in [3.05, 3.63) is 52.4 Å². The van der Waals surface area contributed by atoms with Crippen LogP contribution in [0.4, 0.5) is 5.00 Å². The monoisotopic (exact) mass is 373 g/mol. The molecule has 0 unspecified atom stereocenters. The zero-order chi connectivity index (χ0) is 19.1. The van der Waals surface area contributed by atoms with E-state index in [0.717, 1.165) is 12.8 Å². The second-order valence-corrected chi connectivity index (χ2v) is 7.59. The van der Waals surface area contributed by atoms with E-state index in [2.05, 4.69) is 55.7 Å². The molecule has 26 heavy (non-hydrogen) atoms. The van der Waals surface area contributed by atoms with Gasteiger partial charge in [0.25, 0.3) is 5.91 Å². The van der Waals surface area contributed by atoms with Gasteiger partial charge in [0.2, 0.25) is 5.91 Å². The molecule has 0 bridgehead atoms. The Labute approximate surface area is 159 Å². The number of nitrogens with one attached hydrogen (secondary N) is 2. The molecular weight excluding hydrogens is 346 g/mol. The third-order valence-electron chi connectivity index (χ3n) is 4.21. The number of thiophene rings is 1. The van der Waals surface area contributed by atoms with Crippen LogP contribution in [0.3, 0.4) is 0 Å². The Balaban J connectivity index is 1.98. The number of hydrogen-bond donors (Lipinski definition) is 3. The van der Waals surface area contributed by atoms with Gasteiger partial charge in [0.15, 0.2) is 0 Å². The van der Waals surface area contributed by atoms with E-state index in [-0.39, 0.29) is 18.5 Å². The number of aryl methyl sites for hydroxylation is 1. The topological polar surface area (TPSA) is 84.2 Å². The lowest BCUT2D eigenvalue weighted by Crippen LogP contribution is -2.33. The van der Waals surface area contributed by atoms with Crippen LogP contribution in [0.15, 0.2) is 35.7 Å². The van der Waals surface area contributed by atoms with Crippen LogP contribution in [0.25, 0.3) is 0 Å². The Morgan fingerprint density at radius 2 is 1.85 bits per heavy atom. The maximum absolute atomic E-state index is 12.3. The Bertz CT molecular complexity index is 738. The van der Waals surface area contributed by atoms with Crippen LogP contribution in [-0.4, -0.2) is 18.4 Å². The lowest BCUT2D eigenvalue weighted by molar-refractivity contribution is -0.115.